The molecule has 2 aliphatic carbocycles. The molecule has 1 aromatic rings. The van der Waals surface area contributed by atoms with Crippen LogP contribution in [0.5, 0.6) is 5.75 Å². The van der Waals surface area contributed by atoms with Crippen molar-refractivity contribution in [2.45, 2.75) is 81.7 Å². The van der Waals surface area contributed by atoms with Crippen molar-refractivity contribution in [1.29, 1.82) is 0 Å². The molecule has 1 aliphatic heterocycles. The zero-order chi connectivity index (χ0) is 19.5. The second-order valence-corrected chi connectivity index (χ2v) is 8.95. The van der Waals surface area contributed by atoms with Crippen LogP contribution >= 0.6 is 0 Å². The van der Waals surface area contributed by atoms with Crippen molar-refractivity contribution >= 4 is 0 Å². The van der Waals surface area contributed by atoms with E-state index in [1.54, 1.807) is 7.11 Å². The summed E-state index contributed by atoms with van der Waals surface area (Å²) in [5, 5.41) is 10.6. The molecule has 0 bridgehead atoms. The highest BCUT2D eigenvalue weighted by Gasteiger charge is 2.40. The van der Waals surface area contributed by atoms with E-state index in [-0.39, 0.29) is 18.3 Å². The van der Waals surface area contributed by atoms with Crippen LogP contribution < -0.4 is 10.5 Å². The lowest BCUT2D eigenvalue weighted by Crippen LogP contribution is -2.58. The molecular formula is C23H36N2O3. The molecule has 2 saturated carbocycles. The van der Waals surface area contributed by atoms with Crippen molar-refractivity contribution in [3.05, 3.63) is 29.8 Å². The van der Waals surface area contributed by atoms with Crippen LogP contribution in [0.3, 0.4) is 0 Å². The van der Waals surface area contributed by atoms with Gasteiger partial charge in [0, 0.05) is 12.6 Å². The largest absolute Gasteiger partial charge is 0.497 e. The fraction of sp³-hybridized carbons (Fsp3) is 0.739. The fourth-order valence-corrected chi connectivity index (χ4v) is 5.02. The summed E-state index contributed by atoms with van der Waals surface area (Å²) in [5.41, 5.74) is 7.80. The van der Waals surface area contributed by atoms with Gasteiger partial charge in [-0.3, -0.25) is 4.90 Å². The van der Waals surface area contributed by atoms with E-state index in [0.29, 0.717) is 24.5 Å². The predicted molar refractivity (Wildman–Crippen MR) is 110 cm³/mol. The van der Waals surface area contributed by atoms with E-state index in [2.05, 4.69) is 23.1 Å². The van der Waals surface area contributed by atoms with Gasteiger partial charge in [0.25, 0.3) is 0 Å². The monoisotopic (exact) mass is 388 g/mol. The standard InChI is InChI=1S/C23H36N2O3/c1-27-20-5-2-4-18(14-20)16-9-11-19(12-10-16)28-15-22-21(24)6-3-13-25(22)23(26)17-7-8-17/h2,4-5,14,16-17,19,21-23,26H,3,6-13,15,24H2,1H3/t16-,19+,21-,22-,23?/m0/s1. The van der Waals surface area contributed by atoms with E-state index in [4.69, 9.17) is 15.2 Å². The van der Waals surface area contributed by atoms with E-state index < -0.39 is 0 Å². The number of benzene rings is 1. The van der Waals surface area contributed by atoms with Gasteiger partial charge in [-0.05, 0) is 80.9 Å². The number of hydrogen-bond acceptors (Lipinski definition) is 5. The number of aliphatic hydroxyl groups is 1. The van der Waals surface area contributed by atoms with Crippen LogP contribution in [0.2, 0.25) is 0 Å². The third-order valence-corrected chi connectivity index (χ3v) is 7.00. The Morgan fingerprint density at radius 1 is 1.14 bits per heavy atom. The van der Waals surface area contributed by atoms with Gasteiger partial charge in [-0.2, -0.15) is 0 Å². The van der Waals surface area contributed by atoms with E-state index in [9.17, 15) is 5.11 Å². The lowest BCUT2D eigenvalue weighted by Gasteiger charge is -2.43. The first-order valence-electron chi connectivity index (χ1n) is 11.1. The van der Waals surface area contributed by atoms with Crippen LogP contribution in [-0.2, 0) is 4.74 Å². The molecule has 3 aliphatic rings. The summed E-state index contributed by atoms with van der Waals surface area (Å²) in [6.07, 6.45) is 8.89. The van der Waals surface area contributed by atoms with Gasteiger partial charge < -0.3 is 20.3 Å². The lowest BCUT2D eigenvalue weighted by molar-refractivity contribution is -0.0947. The topological polar surface area (TPSA) is 68.0 Å². The minimum absolute atomic E-state index is 0.107. The third-order valence-electron chi connectivity index (χ3n) is 7.00. The molecule has 1 saturated heterocycles. The van der Waals surface area contributed by atoms with Gasteiger partial charge in [-0.15, -0.1) is 0 Å². The molecule has 156 valence electrons. The summed E-state index contributed by atoms with van der Waals surface area (Å²) in [6.45, 7) is 1.60. The fourth-order valence-electron chi connectivity index (χ4n) is 5.02. The molecule has 1 unspecified atom stereocenters. The Balaban J connectivity index is 1.28. The molecule has 28 heavy (non-hydrogen) atoms. The zero-order valence-corrected chi connectivity index (χ0v) is 17.1. The molecular weight excluding hydrogens is 352 g/mol. The van der Waals surface area contributed by atoms with Crippen LogP contribution in [0.4, 0.5) is 0 Å². The van der Waals surface area contributed by atoms with Gasteiger partial charge in [0.1, 0.15) is 12.0 Å². The third kappa shape index (κ3) is 4.70. The molecule has 0 spiro atoms. The Morgan fingerprint density at radius 3 is 2.64 bits per heavy atom. The summed E-state index contributed by atoms with van der Waals surface area (Å²) in [4.78, 5) is 2.23. The highest BCUT2D eigenvalue weighted by Crippen LogP contribution is 2.37. The minimum Gasteiger partial charge on any atom is -0.497 e. The summed E-state index contributed by atoms with van der Waals surface area (Å²) >= 11 is 0. The van der Waals surface area contributed by atoms with Gasteiger partial charge in [0.2, 0.25) is 0 Å². The van der Waals surface area contributed by atoms with E-state index in [1.165, 1.54) is 5.56 Å². The molecule has 5 nitrogen and oxygen atoms in total. The molecule has 3 fully saturated rings. The van der Waals surface area contributed by atoms with Gasteiger partial charge in [0.05, 0.1) is 25.9 Å². The van der Waals surface area contributed by atoms with Crippen LogP contribution in [-0.4, -0.2) is 54.7 Å². The predicted octanol–water partition coefficient (Wildman–Crippen LogP) is 3.26. The maximum atomic E-state index is 10.6. The average molecular weight is 389 g/mol. The zero-order valence-electron chi connectivity index (χ0n) is 17.1. The first kappa shape index (κ1) is 20.1. The summed E-state index contributed by atoms with van der Waals surface area (Å²) < 4.78 is 11.7. The molecule has 1 heterocycles. The van der Waals surface area contributed by atoms with Crippen molar-refractivity contribution in [2.75, 3.05) is 20.3 Å². The Morgan fingerprint density at radius 2 is 1.93 bits per heavy atom. The van der Waals surface area contributed by atoms with Crippen LogP contribution in [0.15, 0.2) is 24.3 Å². The second-order valence-electron chi connectivity index (χ2n) is 8.95. The first-order chi connectivity index (χ1) is 13.7. The van der Waals surface area contributed by atoms with Crippen molar-refractivity contribution in [3.8, 4) is 5.75 Å². The highest BCUT2D eigenvalue weighted by atomic mass is 16.5. The summed E-state index contributed by atoms with van der Waals surface area (Å²) in [7, 11) is 1.73. The van der Waals surface area contributed by atoms with Crippen LogP contribution in [0.1, 0.15) is 62.8 Å². The second kappa shape index (κ2) is 9.12. The molecule has 0 aromatic heterocycles. The molecule has 3 N–H and O–H groups in total. The summed E-state index contributed by atoms with van der Waals surface area (Å²) in [6, 6.07) is 8.74. The number of nitrogens with zero attached hydrogens (tertiary/aromatic N) is 1. The Hall–Kier alpha value is -1.14. The minimum atomic E-state index is -0.330. The Kier molecular flexibility index (Phi) is 6.56. The quantitative estimate of drug-likeness (QED) is 0.750. The maximum absolute atomic E-state index is 10.6. The Labute approximate surface area is 169 Å². The Bertz CT molecular complexity index is 628. The number of ether oxygens (including phenoxy) is 2. The number of piperidine rings is 1. The van der Waals surface area contributed by atoms with Crippen LogP contribution in [0, 0.1) is 5.92 Å². The molecule has 1 aromatic carbocycles. The van der Waals surface area contributed by atoms with Crippen molar-refractivity contribution in [2.24, 2.45) is 11.7 Å². The van der Waals surface area contributed by atoms with E-state index in [0.717, 1.165) is 63.7 Å². The lowest BCUT2D eigenvalue weighted by atomic mass is 9.82. The van der Waals surface area contributed by atoms with Crippen molar-refractivity contribution in [3.63, 3.8) is 0 Å². The molecule has 3 atom stereocenters. The van der Waals surface area contributed by atoms with E-state index in [1.807, 2.05) is 6.07 Å². The molecule has 0 amide bonds. The van der Waals surface area contributed by atoms with Gasteiger partial charge in [-0.25, -0.2) is 0 Å². The number of hydrogen-bond donors (Lipinski definition) is 2. The first-order valence-corrected chi connectivity index (χ1v) is 11.1. The highest BCUT2D eigenvalue weighted by molar-refractivity contribution is 5.31. The number of nitrogens with two attached hydrogens (primary N) is 1. The van der Waals surface area contributed by atoms with Gasteiger partial charge in [-0.1, -0.05) is 12.1 Å². The number of aliphatic hydroxyl groups excluding tert-OH is 1. The number of likely N-dealkylation sites (tertiary alicyclic amines) is 1. The molecule has 4 rings (SSSR count). The van der Waals surface area contributed by atoms with Crippen LogP contribution in [0.25, 0.3) is 0 Å². The van der Waals surface area contributed by atoms with Crippen molar-refractivity contribution < 1.29 is 14.6 Å². The molecule has 5 heteroatoms. The normalized spacial score (nSPS) is 32.8. The van der Waals surface area contributed by atoms with E-state index >= 15 is 0 Å². The average Bonchev–Trinajstić information content (AvgIpc) is 3.58. The number of rotatable bonds is 7. The summed E-state index contributed by atoms with van der Waals surface area (Å²) in [5.74, 6) is 1.99. The molecule has 0 radical (unpaired) electrons. The van der Waals surface area contributed by atoms with Gasteiger partial charge in [0.15, 0.2) is 0 Å². The smallest absolute Gasteiger partial charge is 0.119 e. The maximum Gasteiger partial charge on any atom is 0.119 e. The van der Waals surface area contributed by atoms with Gasteiger partial charge >= 0.3 is 0 Å². The number of methoxy groups -OCH3 is 1. The SMILES string of the molecule is COc1cccc([C@H]2CC[C@@H](OC[C@H]3[C@@H](N)CCCN3C(O)C3CC3)CC2)c1. The van der Waals surface area contributed by atoms with Crippen molar-refractivity contribution in [1.82, 2.24) is 4.90 Å².